The Hall–Kier alpha value is -2.79. The quantitative estimate of drug-likeness (QED) is 0.227. The molecule has 3 aromatic rings. The van der Waals surface area contributed by atoms with Crippen LogP contribution >= 0.6 is 0 Å². The van der Waals surface area contributed by atoms with Gasteiger partial charge in [0, 0.05) is 13.0 Å². The number of esters is 1. The van der Waals surface area contributed by atoms with E-state index in [1.807, 2.05) is 0 Å². The van der Waals surface area contributed by atoms with Crippen molar-refractivity contribution in [1.29, 1.82) is 0 Å². The van der Waals surface area contributed by atoms with E-state index < -0.39 is 27.4 Å². The Morgan fingerprint density at radius 1 is 0.842 bits per heavy atom. The predicted octanol–water partition coefficient (Wildman–Crippen LogP) is 5.41. The van der Waals surface area contributed by atoms with Crippen LogP contribution in [-0.4, -0.2) is 43.0 Å². The molecule has 1 saturated heterocycles. The first kappa shape index (κ1) is 28.2. The summed E-state index contributed by atoms with van der Waals surface area (Å²) in [5.74, 6) is -1.97. The van der Waals surface area contributed by atoms with Gasteiger partial charge in [0.05, 0.1) is 17.0 Å². The third-order valence-corrected chi connectivity index (χ3v) is 9.49. The van der Waals surface area contributed by atoms with E-state index >= 15 is 0 Å². The minimum Gasteiger partial charge on any atom is -0.743 e. The molecule has 1 aliphatic heterocycles. The number of ether oxygens (including phenoxy) is 2. The van der Waals surface area contributed by atoms with Gasteiger partial charge in [0.2, 0.25) is 0 Å². The highest BCUT2D eigenvalue weighted by molar-refractivity contribution is 7.97. The van der Waals surface area contributed by atoms with Gasteiger partial charge >= 0.3 is 11.2 Å². The summed E-state index contributed by atoms with van der Waals surface area (Å²) in [6, 6.07) is 32.2. The molecule has 10 heteroatoms. The number of benzene rings is 3. The average Bonchev–Trinajstić information content (AvgIpc) is 3.38. The maximum absolute atomic E-state index is 12.9. The molecule has 0 bridgehead atoms. The zero-order valence-corrected chi connectivity index (χ0v) is 22.1. The van der Waals surface area contributed by atoms with Crippen LogP contribution in [0, 0.1) is 5.92 Å². The summed E-state index contributed by atoms with van der Waals surface area (Å²) in [7, 11) is -6.07. The van der Waals surface area contributed by atoms with Gasteiger partial charge in [0.25, 0.3) is 0 Å². The Balaban J connectivity index is 0.000000177. The molecule has 1 aliphatic carbocycles. The normalized spacial score (nSPS) is 21.2. The van der Waals surface area contributed by atoms with Crippen LogP contribution in [0.4, 0.5) is 8.78 Å². The molecule has 1 saturated carbocycles. The number of alkyl halides is 2. The van der Waals surface area contributed by atoms with Crippen molar-refractivity contribution in [2.75, 3.05) is 6.61 Å². The fourth-order valence-corrected chi connectivity index (χ4v) is 6.92. The zero-order chi connectivity index (χ0) is 27.2. The van der Waals surface area contributed by atoms with Gasteiger partial charge < -0.3 is 14.0 Å². The van der Waals surface area contributed by atoms with Crippen molar-refractivity contribution in [1.82, 2.24) is 0 Å². The molecule has 5 rings (SSSR count). The van der Waals surface area contributed by atoms with E-state index in [4.69, 9.17) is 4.74 Å². The van der Waals surface area contributed by atoms with Crippen LogP contribution in [-0.2, 0) is 35.3 Å². The second-order valence-electron chi connectivity index (χ2n) is 9.01. The van der Waals surface area contributed by atoms with Gasteiger partial charge in [-0.15, -0.1) is 0 Å². The van der Waals surface area contributed by atoms with Crippen LogP contribution in [0.25, 0.3) is 0 Å². The topological polar surface area (TPSA) is 92.7 Å². The van der Waals surface area contributed by atoms with Crippen LogP contribution in [0.5, 0.6) is 0 Å². The Morgan fingerprint density at radius 2 is 1.32 bits per heavy atom. The van der Waals surface area contributed by atoms with Crippen molar-refractivity contribution < 1.29 is 36.0 Å². The maximum atomic E-state index is 12.9. The monoisotopic (exact) mass is 562 g/mol. The largest absolute Gasteiger partial charge is 0.743 e. The fraction of sp³-hybridized carbons (Fsp3) is 0.321. The van der Waals surface area contributed by atoms with E-state index in [1.54, 1.807) is 0 Å². The molecular formula is C28H28F2O6S2. The van der Waals surface area contributed by atoms with E-state index in [2.05, 4.69) is 95.7 Å². The number of hydrogen-bond donors (Lipinski definition) is 0. The van der Waals surface area contributed by atoms with Gasteiger partial charge in [-0.1, -0.05) is 54.6 Å². The Morgan fingerprint density at radius 3 is 1.76 bits per heavy atom. The number of rotatable bonds is 6. The second-order valence-corrected chi connectivity index (χ2v) is 12.5. The lowest BCUT2D eigenvalue weighted by Crippen LogP contribution is -2.42. The summed E-state index contributed by atoms with van der Waals surface area (Å²) in [5.41, 5.74) is 0. The van der Waals surface area contributed by atoms with E-state index in [9.17, 15) is 26.5 Å². The number of fused-ring (bicyclic) bond motifs is 1. The van der Waals surface area contributed by atoms with Crippen molar-refractivity contribution in [2.45, 2.75) is 57.8 Å². The fourth-order valence-electron chi connectivity index (χ4n) is 4.57. The third kappa shape index (κ3) is 6.79. The summed E-state index contributed by atoms with van der Waals surface area (Å²) in [6.07, 6.45) is 1.19. The molecule has 202 valence electrons. The molecule has 2 aliphatic rings. The van der Waals surface area contributed by atoms with Crippen LogP contribution in [0.2, 0.25) is 0 Å². The number of halogens is 2. The third-order valence-electron chi connectivity index (χ3n) is 6.46. The Labute approximate surface area is 224 Å². The summed E-state index contributed by atoms with van der Waals surface area (Å²) in [5, 5.41) is -5.04. The Kier molecular flexibility index (Phi) is 9.19. The second kappa shape index (κ2) is 12.4. The molecule has 3 atom stereocenters. The predicted molar refractivity (Wildman–Crippen MR) is 138 cm³/mol. The van der Waals surface area contributed by atoms with Crippen LogP contribution in [0.3, 0.4) is 0 Å². The molecular weight excluding hydrogens is 534 g/mol. The molecule has 0 amide bonds. The van der Waals surface area contributed by atoms with Crippen molar-refractivity contribution in [3.63, 3.8) is 0 Å². The molecule has 0 aromatic heterocycles. The maximum Gasteiger partial charge on any atom is 0.428 e. The first-order chi connectivity index (χ1) is 18.2. The van der Waals surface area contributed by atoms with Gasteiger partial charge in [-0.25, -0.2) is 13.2 Å². The zero-order valence-electron chi connectivity index (χ0n) is 20.4. The highest BCUT2D eigenvalue weighted by Crippen LogP contribution is 2.36. The van der Waals surface area contributed by atoms with Crippen LogP contribution in [0.15, 0.2) is 106 Å². The summed E-state index contributed by atoms with van der Waals surface area (Å²) in [4.78, 5) is 15.2. The number of carbonyl (C=O) groups is 1. The molecule has 3 aromatic carbocycles. The molecule has 6 nitrogen and oxygen atoms in total. The highest BCUT2D eigenvalue weighted by atomic mass is 32.2. The lowest BCUT2D eigenvalue weighted by Gasteiger charge is -2.31. The lowest BCUT2D eigenvalue weighted by atomic mass is 9.84. The van der Waals surface area contributed by atoms with Gasteiger partial charge in [-0.2, -0.15) is 8.78 Å². The molecule has 0 spiro atoms. The van der Waals surface area contributed by atoms with Crippen molar-refractivity contribution >= 4 is 27.0 Å². The van der Waals surface area contributed by atoms with E-state index in [0.717, 1.165) is 6.42 Å². The van der Waals surface area contributed by atoms with E-state index in [1.165, 1.54) is 14.7 Å². The smallest absolute Gasteiger partial charge is 0.428 e. The molecule has 0 N–H and O–H groups in total. The minimum absolute atomic E-state index is 0.0146. The lowest BCUT2D eigenvalue weighted by molar-refractivity contribution is -0.170. The van der Waals surface area contributed by atoms with Gasteiger partial charge in [0.1, 0.15) is 6.10 Å². The molecule has 38 heavy (non-hydrogen) atoms. The summed E-state index contributed by atoms with van der Waals surface area (Å²) < 4.78 is 66.6. The van der Waals surface area contributed by atoms with Gasteiger partial charge in [-0.05, 0) is 61.6 Å². The van der Waals surface area contributed by atoms with Crippen molar-refractivity contribution in [3.05, 3.63) is 91.0 Å². The SMILES string of the molecule is O=C(OC1CCC2CCOC2C1)C(F)(F)S(=O)(=O)[O-].c1ccc([S+](c2ccccc2)c2ccccc2)cc1. The molecule has 0 radical (unpaired) electrons. The van der Waals surface area contributed by atoms with Crippen molar-refractivity contribution in [3.8, 4) is 0 Å². The summed E-state index contributed by atoms with van der Waals surface area (Å²) >= 11 is 0. The molecule has 3 unspecified atom stereocenters. The summed E-state index contributed by atoms with van der Waals surface area (Å²) in [6.45, 7) is 0.584. The molecule has 2 fully saturated rings. The first-order valence-corrected chi connectivity index (χ1v) is 14.9. The number of hydrogen-bond acceptors (Lipinski definition) is 6. The molecule has 1 heterocycles. The highest BCUT2D eigenvalue weighted by Gasteiger charge is 2.50. The van der Waals surface area contributed by atoms with Gasteiger partial charge in [-0.3, -0.25) is 0 Å². The Bertz CT molecular complexity index is 1200. The number of carbonyl (C=O) groups excluding carboxylic acids is 1. The standard InChI is InChI=1S/C18H15S.C10H14F2O6S/c1-4-10-16(11-5-1)19(17-12-6-2-7-13-17)18-14-8-3-9-15-18;11-10(12,19(14,15)16)9(13)18-7-2-1-6-3-4-17-8(6)5-7/h1-15H;6-8H,1-5H2,(H,14,15,16)/q+1;/p-1. The van der Waals surface area contributed by atoms with Gasteiger partial charge in [0.15, 0.2) is 24.8 Å². The average molecular weight is 563 g/mol. The van der Waals surface area contributed by atoms with Crippen LogP contribution in [0.1, 0.15) is 25.7 Å². The van der Waals surface area contributed by atoms with Crippen LogP contribution < -0.4 is 0 Å². The van der Waals surface area contributed by atoms with Crippen molar-refractivity contribution in [2.24, 2.45) is 5.92 Å². The van der Waals surface area contributed by atoms with E-state index in [-0.39, 0.29) is 23.4 Å². The first-order valence-electron chi connectivity index (χ1n) is 12.2. The minimum atomic E-state index is -6.06. The van der Waals surface area contributed by atoms with E-state index in [0.29, 0.717) is 25.4 Å².